The van der Waals surface area contributed by atoms with Crippen LogP contribution >= 0.6 is 12.2 Å². The van der Waals surface area contributed by atoms with Crippen LogP contribution in [0, 0.1) is 19.7 Å². The van der Waals surface area contributed by atoms with Gasteiger partial charge in [-0.1, -0.05) is 6.07 Å². The Hall–Kier alpha value is -2.77. The molecule has 1 aliphatic rings. The molecule has 168 valence electrons. The lowest BCUT2D eigenvalue weighted by atomic mass is 9.96. The summed E-state index contributed by atoms with van der Waals surface area (Å²) in [5.74, 6) is -0.232. The third kappa shape index (κ3) is 4.40. The van der Waals surface area contributed by atoms with Crippen molar-refractivity contribution in [2.24, 2.45) is 0 Å². The molecule has 0 aliphatic carbocycles. The number of nitrogens with one attached hydrogen (secondary N) is 1. The minimum Gasteiger partial charge on any atom is -0.352 e. The molecule has 4 rings (SSSR count). The second-order valence-electron chi connectivity index (χ2n) is 8.62. The standard InChI is InChI=1S/C25H30FN5S/c1-17-16-21(18(2)31(17)20-11-9-19(26)10-12-20)24-23(22-8-5-6-13-27-22)28-25(32)30(24)15-7-14-29(3)4/h5-6,8-13,16,23-24H,7,14-15H2,1-4H3,(H,28,32)/t23-,24+/m0/s1. The molecule has 0 amide bonds. The molecular formula is C25H30FN5S. The number of halogens is 1. The van der Waals surface area contributed by atoms with Gasteiger partial charge in [-0.2, -0.15) is 0 Å². The Morgan fingerprint density at radius 3 is 2.53 bits per heavy atom. The molecule has 2 aromatic heterocycles. The van der Waals surface area contributed by atoms with Crippen LogP contribution in [0.1, 0.15) is 41.1 Å². The van der Waals surface area contributed by atoms with E-state index >= 15 is 0 Å². The Labute approximate surface area is 194 Å². The third-order valence-corrected chi connectivity index (χ3v) is 6.43. The topological polar surface area (TPSA) is 36.3 Å². The molecule has 1 N–H and O–H groups in total. The van der Waals surface area contributed by atoms with E-state index in [1.165, 1.54) is 17.7 Å². The van der Waals surface area contributed by atoms with Crippen molar-refractivity contribution in [2.45, 2.75) is 32.4 Å². The average molecular weight is 452 g/mol. The number of benzene rings is 1. The van der Waals surface area contributed by atoms with Crippen LogP contribution in [0.2, 0.25) is 0 Å². The molecule has 0 radical (unpaired) electrons. The van der Waals surface area contributed by atoms with E-state index in [0.29, 0.717) is 0 Å². The van der Waals surface area contributed by atoms with Crippen LogP contribution in [0.3, 0.4) is 0 Å². The molecule has 5 nitrogen and oxygen atoms in total. The molecule has 1 aromatic carbocycles. The summed E-state index contributed by atoms with van der Waals surface area (Å²) in [5.41, 5.74) is 5.37. The fourth-order valence-electron chi connectivity index (χ4n) is 4.62. The zero-order valence-corrected chi connectivity index (χ0v) is 19.9. The van der Waals surface area contributed by atoms with E-state index in [4.69, 9.17) is 12.2 Å². The maximum atomic E-state index is 13.5. The minimum absolute atomic E-state index is 0.0277. The van der Waals surface area contributed by atoms with Crippen molar-refractivity contribution in [2.75, 3.05) is 27.2 Å². The number of hydrogen-bond acceptors (Lipinski definition) is 3. The summed E-state index contributed by atoms with van der Waals surface area (Å²) in [7, 11) is 4.18. The largest absolute Gasteiger partial charge is 0.352 e. The highest BCUT2D eigenvalue weighted by molar-refractivity contribution is 7.80. The van der Waals surface area contributed by atoms with Crippen LogP contribution in [0.5, 0.6) is 0 Å². The van der Waals surface area contributed by atoms with Gasteiger partial charge in [0.1, 0.15) is 5.82 Å². The fraction of sp³-hybridized carbons (Fsp3) is 0.360. The van der Waals surface area contributed by atoms with E-state index in [1.807, 2.05) is 30.5 Å². The Bertz CT molecular complexity index is 1080. The van der Waals surface area contributed by atoms with Crippen molar-refractivity contribution in [3.05, 3.63) is 83.2 Å². The van der Waals surface area contributed by atoms with Gasteiger partial charge in [-0.05, 0) is 101 Å². The van der Waals surface area contributed by atoms with Crippen LogP contribution in [0.4, 0.5) is 4.39 Å². The summed E-state index contributed by atoms with van der Waals surface area (Å²) in [4.78, 5) is 9.13. The first kappa shape index (κ1) is 22.4. The van der Waals surface area contributed by atoms with Crippen LogP contribution in [0.25, 0.3) is 5.69 Å². The molecule has 0 unspecified atom stereocenters. The Kier molecular flexibility index (Phi) is 6.58. The fourth-order valence-corrected chi connectivity index (χ4v) is 4.95. The van der Waals surface area contributed by atoms with Crippen molar-refractivity contribution in [1.29, 1.82) is 0 Å². The van der Waals surface area contributed by atoms with Gasteiger partial charge < -0.3 is 19.7 Å². The van der Waals surface area contributed by atoms with Crippen molar-refractivity contribution >= 4 is 17.3 Å². The van der Waals surface area contributed by atoms with Gasteiger partial charge in [0.15, 0.2) is 5.11 Å². The van der Waals surface area contributed by atoms with Crippen molar-refractivity contribution in [3.8, 4) is 5.69 Å². The molecule has 2 atom stereocenters. The lowest BCUT2D eigenvalue weighted by Crippen LogP contribution is -2.32. The summed E-state index contributed by atoms with van der Waals surface area (Å²) in [6.45, 7) is 6.07. The lowest BCUT2D eigenvalue weighted by Gasteiger charge is -2.28. The number of aryl methyl sites for hydroxylation is 1. The summed E-state index contributed by atoms with van der Waals surface area (Å²) in [6, 6.07) is 14.9. The summed E-state index contributed by atoms with van der Waals surface area (Å²) in [5, 5.41) is 4.29. The summed E-state index contributed by atoms with van der Waals surface area (Å²) in [6.07, 6.45) is 2.84. The van der Waals surface area contributed by atoms with Crippen LogP contribution in [0.15, 0.2) is 54.7 Å². The predicted molar refractivity (Wildman–Crippen MR) is 131 cm³/mol. The van der Waals surface area contributed by atoms with Crippen LogP contribution in [-0.2, 0) is 0 Å². The first-order valence-corrected chi connectivity index (χ1v) is 11.3. The lowest BCUT2D eigenvalue weighted by molar-refractivity contribution is 0.292. The number of aromatic nitrogens is 2. The Morgan fingerprint density at radius 2 is 1.88 bits per heavy atom. The normalized spacial score (nSPS) is 18.4. The number of thiocarbonyl (C=S) groups is 1. The van der Waals surface area contributed by atoms with Gasteiger partial charge >= 0.3 is 0 Å². The van der Waals surface area contributed by atoms with Gasteiger partial charge in [-0.25, -0.2) is 4.39 Å². The molecule has 3 heterocycles. The zero-order valence-electron chi connectivity index (χ0n) is 19.0. The van der Waals surface area contributed by atoms with Gasteiger partial charge in [-0.15, -0.1) is 0 Å². The molecule has 7 heteroatoms. The number of rotatable bonds is 7. The highest BCUT2D eigenvalue weighted by atomic mass is 32.1. The molecule has 1 fully saturated rings. The van der Waals surface area contributed by atoms with E-state index in [-0.39, 0.29) is 17.9 Å². The maximum Gasteiger partial charge on any atom is 0.170 e. The van der Waals surface area contributed by atoms with E-state index in [2.05, 4.69) is 64.7 Å². The summed E-state index contributed by atoms with van der Waals surface area (Å²) >= 11 is 5.79. The van der Waals surface area contributed by atoms with Crippen molar-refractivity contribution < 1.29 is 4.39 Å². The number of pyridine rings is 1. The van der Waals surface area contributed by atoms with E-state index < -0.39 is 0 Å². The maximum absolute atomic E-state index is 13.5. The molecule has 0 saturated carbocycles. The summed E-state index contributed by atoms with van der Waals surface area (Å²) < 4.78 is 15.7. The first-order chi connectivity index (χ1) is 15.4. The second-order valence-corrected chi connectivity index (χ2v) is 9.00. The van der Waals surface area contributed by atoms with Gasteiger partial charge in [0.2, 0.25) is 0 Å². The monoisotopic (exact) mass is 451 g/mol. The molecule has 1 saturated heterocycles. The smallest absolute Gasteiger partial charge is 0.170 e. The van der Waals surface area contributed by atoms with Crippen molar-refractivity contribution in [3.63, 3.8) is 0 Å². The van der Waals surface area contributed by atoms with Gasteiger partial charge in [-0.3, -0.25) is 4.98 Å². The third-order valence-electron chi connectivity index (χ3n) is 6.08. The molecule has 3 aromatic rings. The quantitative estimate of drug-likeness (QED) is 0.533. The molecule has 1 aliphatic heterocycles. The molecular weight excluding hydrogens is 421 g/mol. The van der Waals surface area contributed by atoms with Gasteiger partial charge in [0.25, 0.3) is 0 Å². The van der Waals surface area contributed by atoms with Crippen LogP contribution in [-0.4, -0.2) is 51.6 Å². The zero-order chi connectivity index (χ0) is 22.8. The average Bonchev–Trinajstić information content (AvgIpc) is 3.25. The molecule has 0 bridgehead atoms. The van der Waals surface area contributed by atoms with Gasteiger partial charge in [0, 0.05) is 29.8 Å². The van der Waals surface area contributed by atoms with E-state index in [9.17, 15) is 4.39 Å². The highest BCUT2D eigenvalue weighted by Crippen LogP contribution is 2.41. The van der Waals surface area contributed by atoms with Crippen LogP contribution < -0.4 is 5.32 Å². The van der Waals surface area contributed by atoms with E-state index in [1.54, 1.807) is 0 Å². The SMILES string of the molecule is Cc1cc([C@@H]2[C@H](c3ccccn3)NC(=S)N2CCCN(C)C)c(C)n1-c1ccc(F)cc1. The second kappa shape index (κ2) is 9.38. The predicted octanol–water partition coefficient (Wildman–Crippen LogP) is 4.55. The Morgan fingerprint density at radius 1 is 1.12 bits per heavy atom. The Balaban J connectivity index is 1.76. The minimum atomic E-state index is -0.232. The van der Waals surface area contributed by atoms with Crippen molar-refractivity contribution in [1.82, 2.24) is 24.7 Å². The van der Waals surface area contributed by atoms with Gasteiger partial charge in [0.05, 0.1) is 17.8 Å². The molecule has 0 spiro atoms. The highest BCUT2D eigenvalue weighted by Gasteiger charge is 2.41. The number of nitrogens with zero attached hydrogens (tertiary/aromatic N) is 4. The first-order valence-electron chi connectivity index (χ1n) is 10.9. The molecule has 32 heavy (non-hydrogen) atoms. The van der Waals surface area contributed by atoms with E-state index in [0.717, 1.165) is 47.4 Å². The number of hydrogen-bond donors (Lipinski definition) is 1.